The predicted octanol–water partition coefficient (Wildman–Crippen LogP) is -0.649. The highest BCUT2D eigenvalue weighted by molar-refractivity contribution is 7.81. The largest absolute Gasteiger partial charge is 0.448 e. The summed E-state index contributed by atoms with van der Waals surface area (Å²) in [6, 6.07) is 0. The van der Waals surface area contributed by atoms with Crippen molar-refractivity contribution in [1.29, 1.82) is 0 Å². The fourth-order valence-electron chi connectivity index (χ4n) is 0.542. The van der Waals surface area contributed by atoms with Crippen LogP contribution in [0.15, 0.2) is 0 Å². The first-order valence-corrected chi connectivity index (χ1v) is 4.58. The highest BCUT2D eigenvalue weighted by Crippen LogP contribution is 2.05. The van der Waals surface area contributed by atoms with E-state index in [2.05, 4.69) is 4.18 Å². The quantitative estimate of drug-likeness (QED) is 0.582. The molecule has 12 heavy (non-hydrogen) atoms. The van der Waals surface area contributed by atoms with E-state index in [1.807, 2.05) is 0 Å². The average molecular weight is 198 g/mol. The number of aliphatic hydroxyl groups excluding tert-OH is 1. The Bertz CT molecular complexity index is 239. The van der Waals surface area contributed by atoms with Gasteiger partial charge in [0.15, 0.2) is 0 Å². The van der Waals surface area contributed by atoms with Gasteiger partial charge >= 0.3 is 16.4 Å². The topological polar surface area (TPSA) is 101 Å². The van der Waals surface area contributed by atoms with Crippen molar-refractivity contribution in [3.05, 3.63) is 0 Å². The van der Waals surface area contributed by atoms with Crippen molar-refractivity contribution in [2.45, 2.75) is 13.3 Å². The summed E-state index contributed by atoms with van der Waals surface area (Å²) in [6.07, 6.45) is 0.241. The molecule has 0 aromatic carbocycles. The van der Waals surface area contributed by atoms with Gasteiger partial charge in [0.25, 0.3) is 0 Å². The molecule has 0 aliphatic rings. The molecular weight excluding hydrogens is 188 g/mol. The fourth-order valence-corrected chi connectivity index (χ4v) is 0.886. The minimum absolute atomic E-state index is 0.241. The lowest BCUT2D eigenvalue weighted by molar-refractivity contribution is -0.140. The van der Waals surface area contributed by atoms with Crippen LogP contribution in [-0.2, 0) is 19.4 Å². The Labute approximate surface area is 70.1 Å². The lowest BCUT2D eigenvalue weighted by Crippen LogP contribution is -2.23. The molecule has 0 heterocycles. The molecule has 0 bridgehead atoms. The summed E-state index contributed by atoms with van der Waals surface area (Å²) in [5.41, 5.74) is 0. The standard InChI is InChI=1S/C5H10O6S/c1-2-4(3-6)5(7)11-12(8,9)10/h4,6H,2-3H2,1H3,(H,8,9,10). The van der Waals surface area contributed by atoms with Crippen LogP contribution in [0.2, 0.25) is 0 Å². The normalized spacial score (nSPS) is 13.9. The lowest BCUT2D eigenvalue weighted by atomic mass is 10.1. The van der Waals surface area contributed by atoms with Crippen LogP contribution in [0, 0.1) is 5.92 Å². The first-order chi connectivity index (χ1) is 5.40. The maximum Gasteiger partial charge on any atom is 0.448 e. The Morgan fingerprint density at radius 1 is 1.58 bits per heavy atom. The molecule has 0 saturated heterocycles. The van der Waals surface area contributed by atoms with Gasteiger partial charge in [-0.25, -0.2) is 0 Å². The molecule has 1 atom stereocenters. The maximum absolute atomic E-state index is 10.7. The summed E-state index contributed by atoms with van der Waals surface area (Å²) >= 11 is 0. The molecule has 0 aliphatic heterocycles. The summed E-state index contributed by atoms with van der Waals surface area (Å²) in [5.74, 6) is -2.06. The summed E-state index contributed by atoms with van der Waals surface area (Å²) in [7, 11) is -4.75. The maximum atomic E-state index is 10.7. The van der Waals surface area contributed by atoms with E-state index in [4.69, 9.17) is 9.66 Å². The van der Waals surface area contributed by atoms with Crippen molar-refractivity contribution >= 4 is 16.4 Å². The van der Waals surface area contributed by atoms with Gasteiger partial charge in [-0.1, -0.05) is 6.92 Å². The minimum atomic E-state index is -4.75. The second kappa shape index (κ2) is 4.39. The van der Waals surface area contributed by atoms with Crippen molar-refractivity contribution < 1.29 is 27.1 Å². The number of carbonyl (C=O) groups is 1. The molecule has 6 nitrogen and oxygen atoms in total. The Hall–Kier alpha value is -0.660. The Morgan fingerprint density at radius 2 is 2.08 bits per heavy atom. The van der Waals surface area contributed by atoms with Crippen LogP contribution < -0.4 is 0 Å². The van der Waals surface area contributed by atoms with Crippen LogP contribution in [0.1, 0.15) is 13.3 Å². The third kappa shape index (κ3) is 4.27. The molecule has 0 fully saturated rings. The smallest absolute Gasteiger partial charge is 0.395 e. The van der Waals surface area contributed by atoms with Gasteiger partial charge in [-0.05, 0) is 6.42 Å². The molecular formula is C5H10O6S. The van der Waals surface area contributed by atoms with Gasteiger partial charge in [0, 0.05) is 0 Å². The summed E-state index contributed by atoms with van der Waals surface area (Å²) in [6.45, 7) is 1.07. The van der Waals surface area contributed by atoms with E-state index in [-0.39, 0.29) is 6.42 Å². The zero-order valence-corrected chi connectivity index (χ0v) is 7.24. The number of carbonyl (C=O) groups excluding carboxylic acids is 1. The zero-order valence-electron chi connectivity index (χ0n) is 6.43. The summed E-state index contributed by atoms with van der Waals surface area (Å²) in [4.78, 5) is 10.7. The average Bonchev–Trinajstić information content (AvgIpc) is 1.85. The second-order valence-corrected chi connectivity index (χ2v) is 3.14. The minimum Gasteiger partial charge on any atom is -0.395 e. The second-order valence-electron chi connectivity index (χ2n) is 2.12. The molecule has 0 radical (unpaired) electrons. The van der Waals surface area contributed by atoms with E-state index in [1.165, 1.54) is 0 Å². The number of hydrogen-bond acceptors (Lipinski definition) is 5. The van der Waals surface area contributed by atoms with Crippen LogP contribution in [0.5, 0.6) is 0 Å². The van der Waals surface area contributed by atoms with Crippen LogP contribution in [0.4, 0.5) is 0 Å². The van der Waals surface area contributed by atoms with Crippen LogP contribution >= 0.6 is 0 Å². The predicted molar refractivity (Wildman–Crippen MR) is 38.5 cm³/mol. The van der Waals surface area contributed by atoms with Crippen molar-refractivity contribution in [3.63, 3.8) is 0 Å². The first kappa shape index (κ1) is 11.3. The van der Waals surface area contributed by atoms with Gasteiger partial charge < -0.3 is 9.29 Å². The molecule has 72 valence electrons. The highest BCUT2D eigenvalue weighted by Gasteiger charge is 2.21. The van der Waals surface area contributed by atoms with E-state index in [9.17, 15) is 13.2 Å². The number of aliphatic hydroxyl groups is 1. The van der Waals surface area contributed by atoms with Crippen molar-refractivity contribution in [2.75, 3.05) is 6.61 Å². The monoisotopic (exact) mass is 198 g/mol. The first-order valence-electron chi connectivity index (χ1n) is 3.22. The van der Waals surface area contributed by atoms with E-state index >= 15 is 0 Å². The molecule has 0 aromatic heterocycles. The van der Waals surface area contributed by atoms with Crippen LogP contribution in [0.25, 0.3) is 0 Å². The van der Waals surface area contributed by atoms with Crippen LogP contribution in [-0.4, -0.2) is 30.7 Å². The van der Waals surface area contributed by atoms with E-state index in [0.29, 0.717) is 0 Å². The van der Waals surface area contributed by atoms with Gasteiger partial charge in [0.2, 0.25) is 0 Å². The Morgan fingerprint density at radius 3 is 2.33 bits per heavy atom. The zero-order chi connectivity index (χ0) is 9.78. The van der Waals surface area contributed by atoms with Gasteiger partial charge in [-0.15, -0.1) is 0 Å². The molecule has 0 aliphatic carbocycles. The van der Waals surface area contributed by atoms with Crippen LogP contribution in [0.3, 0.4) is 0 Å². The Kier molecular flexibility index (Phi) is 4.15. The Balaban J connectivity index is 4.21. The molecule has 0 aromatic rings. The fraction of sp³-hybridized carbons (Fsp3) is 0.800. The number of hydrogen-bond donors (Lipinski definition) is 2. The molecule has 1 unspecified atom stereocenters. The van der Waals surface area contributed by atoms with Gasteiger partial charge in [0.05, 0.1) is 12.5 Å². The third-order valence-corrected chi connectivity index (χ3v) is 1.61. The van der Waals surface area contributed by atoms with Crippen molar-refractivity contribution in [2.24, 2.45) is 5.92 Å². The van der Waals surface area contributed by atoms with Gasteiger partial charge in [-0.3, -0.25) is 9.35 Å². The molecule has 0 saturated carbocycles. The summed E-state index contributed by atoms with van der Waals surface area (Å²) in [5, 5.41) is 8.52. The van der Waals surface area contributed by atoms with E-state index < -0.39 is 28.9 Å². The SMILES string of the molecule is CCC(CO)C(=O)OS(=O)(=O)O. The molecule has 7 heteroatoms. The van der Waals surface area contributed by atoms with Gasteiger partial charge in [-0.2, -0.15) is 8.42 Å². The highest BCUT2D eigenvalue weighted by atomic mass is 32.3. The molecule has 2 N–H and O–H groups in total. The van der Waals surface area contributed by atoms with Gasteiger partial charge in [0.1, 0.15) is 0 Å². The molecule has 0 spiro atoms. The summed E-state index contributed by atoms with van der Waals surface area (Å²) < 4.78 is 31.7. The van der Waals surface area contributed by atoms with E-state index in [1.54, 1.807) is 6.92 Å². The van der Waals surface area contributed by atoms with Crippen molar-refractivity contribution in [1.82, 2.24) is 0 Å². The lowest BCUT2D eigenvalue weighted by Gasteiger charge is -2.07. The van der Waals surface area contributed by atoms with E-state index in [0.717, 1.165) is 0 Å². The third-order valence-electron chi connectivity index (χ3n) is 1.23. The molecule has 0 rings (SSSR count). The number of rotatable bonds is 4. The van der Waals surface area contributed by atoms with Crippen molar-refractivity contribution in [3.8, 4) is 0 Å². The molecule has 0 amide bonds.